The largest absolute Gasteiger partial charge is 0.379 e. The van der Waals surface area contributed by atoms with Crippen LogP contribution < -0.4 is 15.5 Å². The SMILES string of the molecule is CCNC1COCC1C(=O)Nc1cccnc1N(C)C. The highest BCUT2D eigenvalue weighted by Gasteiger charge is 2.33. The van der Waals surface area contributed by atoms with Gasteiger partial charge in [-0.3, -0.25) is 4.79 Å². The van der Waals surface area contributed by atoms with Crippen LogP contribution in [-0.4, -0.2) is 50.8 Å². The van der Waals surface area contributed by atoms with Gasteiger partial charge in [0, 0.05) is 26.3 Å². The van der Waals surface area contributed by atoms with E-state index in [4.69, 9.17) is 4.74 Å². The van der Waals surface area contributed by atoms with Gasteiger partial charge in [0.25, 0.3) is 0 Å². The molecule has 2 atom stereocenters. The summed E-state index contributed by atoms with van der Waals surface area (Å²) in [5.74, 6) is 0.564. The van der Waals surface area contributed by atoms with Crippen LogP contribution in [0, 0.1) is 5.92 Å². The van der Waals surface area contributed by atoms with Crippen molar-refractivity contribution in [2.45, 2.75) is 13.0 Å². The fourth-order valence-electron chi connectivity index (χ4n) is 2.35. The predicted molar refractivity (Wildman–Crippen MR) is 79.0 cm³/mol. The van der Waals surface area contributed by atoms with Gasteiger partial charge in [0.2, 0.25) is 5.91 Å². The maximum Gasteiger partial charge on any atom is 0.231 e. The lowest BCUT2D eigenvalue weighted by Gasteiger charge is -2.20. The molecule has 6 nitrogen and oxygen atoms in total. The third-order valence-corrected chi connectivity index (χ3v) is 3.35. The zero-order chi connectivity index (χ0) is 14.5. The Labute approximate surface area is 119 Å². The van der Waals surface area contributed by atoms with Gasteiger partial charge in [-0.05, 0) is 18.7 Å². The quantitative estimate of drug-likeness (QED) is 0.830. The number of ether oxygens (including phenoxy) is 1. The molecule has 1 saturated heterocycles. The van der Waals surface area contributed by atoms with Crippen LogP contribution >= 0.6 is 0 Å². The molecule has 0 bridgehead atoms. The first-order valence-electron chi connectivity index (χ1n) is 6.87. The topological polar surface area (TPSA) is 66.5 Å². The lowest BCUT2D eigenvalue weighted by molar-refractivity contribution is -0.120. The van der Waals surface area contributed by atoms with Crippen LogP contribution in [-0.2, 0) is 9.53 Å². The van der Waals surface area contributed by atoms with Crippen molar-refractivity contribution in [3.05, 3.63) is 18.3 Å². The van der Waals surface area contributed by atoms with E-state index in [0.29, 0.717) is 13.2 Å². The van der Waals surface area contributed by atoms with E-state index in [2.05, 4.69) is 15.6 Å². The van der Waals surface area contributed by atoms with Crippen molar-refractivity contribution in [3.8, 4) is 0 Å². The van der Waals surface area contributed by atoms with E-state index < -0.39 is 0 Å². The highest BCUT2D eigenvalue weighted by molar-refractivity contribution is 5.95. The smallest absolute Gasteiger partial charge is 0.231 e. The predicted octanol–water partition coefficient (Wildman–Crippen LogP) is 0.711. The Kier molecular flexibility index (Phi) is 4.92. The minimum atomic E-state index is -0.162. The second kappa shape index (κ2) is 6.67. The fraction of sp³-hybridized carbons (Fsp3) is 0.571. The van der Waals surface area contributed by atoms with Crippen molar-refractivity contribution >= 4 is 17.4 Å². The van der Waals surface area contributed by atoms with Gasteiger partial charge in [0.1, 0.15) is 0 Å². The summed E-state index contributed by atoms with van der Waals surface area (Å²) < 4.78 is 5.41. The molecule has 0 radical (unpaired) electrons. The van der Waals surface area contributed by atoms with Crippen molar-refractivity contribution in [2.24, 2.45) is 5.92 Å². The molecular formula is C14H22N4O2. The summed E-state index contributed by atoms with van der Waals surface area (Å²) >= 11 is 0. The minimum absolute atomic E-state index is 0.0236. The van der Waals surface area contributed by atoms with E-state index in [1.807, 2.05) is 38.1 Å². The van der Waals surface area contributed by atoms with Gasteiger partial charge < -0.3 is 20.3 Å². The molecule has 0 aliphatic carbocycles. The molecule has 2 unspecified atom stereocenters. The number of rotatable bonds is 5. The number of carbonyl (C=O) groups excluding carboxylic acids is 1. The van der Waals surface area contributed by atoms with E-state index in [-0.39, 0.29) is 17.9 Å². The number of anilines is 2. The Balaban J connectivity index is 2.08. The lowest BCUT2D eigenvalue weighted by atomic mass is 10.0. The summed E-state index contributed by atoms with van der Waals surface area (Å²) in [5, 5.41) is 6.25. The van der Waals surface area contributed by atoms with Crippen LogP contribution in [0.1, 0.15) is 6.92 Å². The first-order valence-corrected chi connectivity index (χ1v) is 6.87. The average Bonchev–Trinajstić information content (AvgIpc) is 2.88. The fourth-order valence-corrected chi connectivity index (χ4v) is 2.35. The van der Waals surface area contributed by atoms with Crippen molar-refractivity contribution in [2.75, 3.05) is 44.1 Å². The van der Waals surface area contributed by atoms with Crippen molar-refractivity contribution < 1.29 is 9.53 Å². The second-order valence-electron chi connectivity index (χ2n) is 5.07. The monoisotopic (exact) mass is 278 g/mol. The first kappa shape index (κ1) is 14.7. The molecule has 2 N–H and O–H groups in total. The summed E-state index contributed by atoms with van der Waals surface area (Å²) in [5.41, 5.74) is 0.727. The lowest BCUT2D eigenvalue weighted by Crippen LogP contribution is -2.41. The Morgan fingerprint density at radius 3 is 3.00 bits per heavy atom. The number of likely N-dealkylation sites (N-methyl/N-ethyl adjacent to an activating group) is 1. The molecule has 110 valence electrons. The summed E-state index contributed by atoms with van der Waals surface area (Å²) in [6.45, 7) is 3.90. The number of nitrogens with one attached hydrogen (secondary N) is 2. The Hall–Kier alpha value is -1.66. The maximum atomic E-state index is 12.4. The number of hydrogen-bond donors (Lipinski definition) is 2. The normalized spacial score (nSPS) is 21.8. The molecule has 1 aliphatic heterocycles. The third kappa shape index (κ3) is 3.26. The van der Waals surface area contributed by atoms with Crippen molar-refractivity contribution in [1.29, 1.82) is 0 Å². The number of nitrogens with zero attached hydrogens (tertiary/aromatic N) is 2. The number of amides is 1. The van der Waals surface area contributed by atoms with Crippen molar-refractivity contribution in [1.82, 2.24) is 10.3 Å². The van der Waals surface area contributed by atoms with E-state index >= 15 is 0 Å². The number of carbonyl (C=O) groups is 1. The summed E-state index contributed by atoms with van der Waals surface area (Å²) in [6, 6.07) is 3.76. The zero-order valence-electron chi connectivity index (χ0n) is 12.2. The molecule has 20 heavy (non-hydrogen) atoms. The summed E-state index contributed by atoms with van der Waals surface area (Å²) in [7, 11) is 3.80. The molecular weight excluding hydrogens is 256 g/mol. The Morgan fingerprint density at radius 2 is 2.30 bits per heavy atom. The van der Waals surface area contributed by atoms with Gasteiger partial charge in [0.05, 0.1) is 24.8 Å². The molecule has 2 heterocycles. The third-order valence-electron chi connectivity index (χ3n) is 3.35. The van der Waals surface area contributed by atoms with Crippen LogP contribution in [0.4, 0.5) is 11.5 Å². The highest BCUT2D eigenvalue weighted by Crippen LogP contribution is 2.23. The average molecular weight is 278 g/mol. The molecule has 1 fully saturated rings. The van der Waals surface area contributed by atoms with Gasteiger partial charge in [-0.15, -0.1) is 0 Å². The molecule has 1 aromatic rings. The molecule has 0 saturated carbocycles. The highest BCUT2D eigenvalue weighted by atomic mass is 16.5. The molecule has 2 rings (SSSR count). The van der Waals surface area contributed by atoms with Crippen LogP contribution in [0.15, 0.2) is 18.3 Å². The number of aromatic nitrogens is 1. The van der Waals surface area contributed by atoms with Gasteiger partial charge in [0.15, 0.2) is 5.82 Å². The first-order chi connectivity index (χ1) is 9.63. The summed E-state index contributed by atoms with van der Waals surface area (Å²) in [4.78, 5) is 18.6. The number of hydrogen-bond acceptors (Lipinski definition) is 5. The van der Waals surface area contributed by atoms with E-state index in [1.54, 1.807) is 6.20 Å². The second-order valence-corrected chi connectivity index (χ2v) is 5.07. The van der Waals surface area contributed by atoms with Crippen LogP contribution in [0.25, 0.3) is 0 Å². The van der Waals surface area contributed by atoms with Crippen LogP contribution in [0.5, 0.6) is 0 Å². The van der Waals surface area contributed by atoms with E-state index in [1.165, 1.54) is 0 Å². The van der Waals surface area contributed by atoms with Crippen LogP contribution in [0.2, 0.25) is 0 Å². The molecule has 1 aromatic heterocycles. The molecule has 0 spiro atoms. The van der Waals surface area contributed by atoms with Gasteiger partial charge >= 0.3 is 0 Å². The standard InChI is InChI=1S/C14H22N4O2/c1-4-15-12-9-20-8-10(12)14(19)17-11-6-5-7-16-13(11)18(2)3/h5-7,10,12,15H,4,8-9H2,1-3H3,(H,17,19). The molecule has 0 aromatic carbocycles. The van der Waals surface area contributed by atoms with Gasteiger partial charge in [-0.1, -0.05) is 6.92 Å². The molecule has 1 amide bonds. The van der Waals surface area contributed by atoms with Crippen LogP contribution in [0.3, 0.4) is 0 Å². The Morgan fingerprint density at radius 1 is 1.50 bits per heavy atom. The zero-order valence-corrected chi connectivity index (χ0v) is 12.2. The van der Waals surface area contributed by atoms with Crippen molar-refractivity contribution in [3.63, 3.8) is 0 Å². The van der Waals surface area contributed by atoms with Gasteiger partial charge in [-0.25, -0.2) is 4.98 Å². The minimum Gasteiger partial charge on any atom is -0.379 e. The van der Waals surface area contributed by atoms with Gasteiger partial charge in [-0.2, -0.15) is 0 Å². The molecule has 6 heteroatoms. The summed E-state index contributed by atoms with van der Waals surface area (Å²) in [6.07, 6.45) is 1.71. The van der Waals surface area contributed by atoms with E-state index in [9.17, 15) is 4.79 Å². The molecule has 1 aliphatic rings. The van der Waals surface area contributed by atoms with E-state index in [0.717, 1.165) is 18.1 Å². The Bertz CT molecular complexity index is 464. The maximum absolute atomic E-state index is 12.4. The number of pyridine rings is 1.